The summed E-state index contributed by atoms with van der Waals surface area (Å²) in [7, 11) is 5.00. The molecule has 2 aromatic heterocycles. The summed E-state index contributed by atoms with van der Waals surface area (Å²) >= 11 is 0. The second-order valence-corrected chi connectivity index (χ2v) is 19.1. The highest BCUT2D eigenvalue weighted by Gasteiger charge is 2.63. The minimum Gasteiger partial charge on any atom is -0.482 e. The lowest BCUT2D eigenvalue weighted by atomic mass is 9.52. The number of cyclic esters (lactones) is 2. The van der Waals surface area contributed by atoms with E-state index >= 15 is 0 Å². The second kappa shape index (κ2) is 17.7. The minimum absolute atomic E-state index is 0.00653. The van der Waals surface area contributed by atoms with Crippen LogP contribution in [0.2, 0.25) is 0 Å². The molecule has 68 heavy (non-hydrogen) atoms. The van der Waals surface area contributed by atoms with Gasteiger partial charge in [0.25, 0.3) is 5.56 Å². The first-order chi connectivity index (χ1) is 33.0. The summed E-state index contributed by atoms with van der Waals surface area (Å²) in [6, 6.07) is 17.6. The Morgan fingerprint density at radius 3 is 2.29 bits per heavy atom. The maximum Gasteiger partial charge on any atom is 0.355 e. The third kappa shape index (κ3) is 7.31. The van der Waals surface area contributed by atoms with Gasteiger partial charge in [0.1, 0.15) is 31.4 Å². The number of esters is 4. The number of ether oxygens (including phenoxy) is 10. The summed E-state index contributed by atoms with van der Waals surface area (Å²) in [5.74, 6) is -3.37. The van der Waals surface area contributed by atoms with Gasteiger partial charge in [-0.15, -0.1) is 0 Å². The van der Waals surface area contributed by atoms with Gasteiger partial charge in [-0.3, -0.25) is 9.59 Å². The minimum atomic E-state index is -1.90. The molecule has 17 heteroatoms. The molecule has 4 aromatic rings. The van der Waals surface area contributed by atoms with Crippen LogP contribution in [0, 0.1) is 35.5 Å². The highest BCUT2D eigenvalue weighted by atomic mass is 16.7. The van der Waals surface area contributed by atoms with Crippen LogP contribution in [0.1, 0.15) is 66.1 Å². The largest absolute Gasteiger partial charge is 0.482 e. The van der Waals surface area contributed by atoms with Crippen molar-refractivity contribution in [1.29, 1.82) is 0 Å². The van der Waals surface area contributed by atoms with Gasteiger partial charge in [0.2, 0.25) is 5.60 Å². The van der Waals surface area contributed by atoms with Crippen molar-refractivity contribution < 1.29 is 66.5 Å². The molecule has 7 aliphatic rings. The number of hydrogen-bond acceptors (Lipinski definition) is 16. The molecule has 7 unspecified atom stereocenters. The van der Waals surface area contributed by atoms with Crippen molar-refractivity contribution in [1.82, 2.24) is 9.55 Å². The fourth-order valence-corrected chi connectivity index (χ4v) is 12.9. The third-order valence-electron chi connectivity index (χ3n) is 16.0. The molecule has 358 valence electrons. The molecule has 2 saturated heterocycles. The lowest BCUT2D eigenvalue weighted by Gasteiger charge is -2.55. The monoisotopic (exact) mass is 934 g/mol. The third-order valence-corrected chi connectivity index (χ3v) is 16.0. The maximum absolute atomic E-state index is 14.1. The lowest BCUT2D eigenvalue weighted by Crippen LogP contribution is -2.59. The molecule has 4 aliphatic heterocycles. The van der Waals surface area contributed by atoms with E-state index in [1.165, 1.54) is 12.1 Å². The number of benzene rings is 2. The second-order valence-electron chi connectivity index (χ2n) is 19.1. The zero-order chi connectivity index (χ0) is 47.0. The van der Waals surface area contributed by atoms with Gasteiger partial charge in [0, 0.05) is 49.7 Å². The number of carbonyl (C=O) groups excluding carboxylic acids is 4. The Hall–Kier alpha value is -5.72. The lowest BCUT2D eigenvalue weighted by molar-refractivity contribution is -0.190. The van der Waals surface area contributed by atoms with E-state index in [0.29, 0.717) is 43.6 Å². The van der Waals surface area contributed by atoms with E-state index in [-0.39, 0.29) is 121 Å². The van der Waals surface area contributed by atoms with Crippen LogP contribution in [0.3, 0.4) is 0 Å². The van der Waals surface area contributed by atoms with Crippen molar-refractivity contribution in [3.63, 3.8) is 0 Å². The summed E-state index contributed by atoms with van der Waals surface area (Å²) in [6.07, 6.45) is 0.943. The summed E-state index contributed by atoms with van der Waals surface area (Å²) < 4.78 is 60.9. The molecule has 0 amide bonds. The zero-order valence-corrected chi connectivity index (χ0v) is 38.3. The van der Waals surface area contributed by atoms with Gasteiger partial charge >= 0.3 is 23.9 Å². The number of carbonyl (C=O) groups is 4. The van der Waals surface area contributed by atoms with Crippen molar-refractivity contribution in [2.45, 2.75) is 94.4 Å². The van der Waals surface area contributed by atoms with Crippen LogP contribution in [0.5, 0.6) is 5.75 Å². The van der Waals surface area contributed by atoms with Gasteiger partial charge in [0.05, 0.1) is 71.5 Å². The standard InChI is InChI=1S/C51H54N2O15/c1-5-51(34-19-36-44-28(14-26-8-6-7-9-35(26)52-44)20-53(36)47(55)32(34)21-64-50(51)58)68-41(54)23-62-29-12-10-25(11-13-29)48(56)67-45-31-18-38-37(65-24-66-38)17-30(31)42(43-33(45)22-63-49(43)57)27-15-39(59-2)46(61-4)40(16-27)60-3/h6-14,19,27,30-31,33,37-40,42-43,45-46H,5,15-18,20-24H2,1-4H3/t27?,30?,31?,33?,37?,38?,39?,40?,42-,43+,45+,46?,51+/m1/s1. The van der Waals surface area contributed by atoms with E-state index in [1.54, 1.807) is 51.0 Å². The van der Waals surface area contributed by atoms with Gasteiger partial charge in [-0.05, 0) is 92.3 Å². The summed E-state index contributed by atoms with van der Waals surface area (Å²) in [5, 5.41) is 0.942. The Morgan fingerprint density at radius 2 is 1.57 bits per heavy atom. The van der Waals surface area contributed by atoms with E-state index in [4.69, 9.17) is 52.4 Å². The molecule has 11 rings (SSSR count). The van der Waals surface area contributed by atoms with Crippen molar-refractivity contribution in [2.24, 2.45) is 35.5 Å². The van der Waals surface area contributed by atoms with Crippen LogP contribution >= 0.6 is 0 Å². The van der Waals surface area contributed by atoms with Crippen LogP contribution in [0.4, 0.5) is 0 Å². The number of pyridine rings is 2. The Morgan fingerprint density at radius 1 is 0.838 bits per heavy atom. The molecule has 17 nitrogen and oxygen atoms in total. The normalized spacial score (nSPS) is 33.2. The van der Waals surface area contributed by atoms with Gasteiger partial charge in [0.15, 0.2) is 6.61 Å². The SMILES string of the molecule is CC[C@@]1(OC(=O)COc2ccc(C(=O)O[C@H]3C4CC5OCOC5CC4[C@@H](C4CC(OC)C(OC)C(OC)C4)[C@H]4C(=O)OCC34)cc2)C(=O)OCc2c1cc1n(c2=O)Cc2cc3ccccc3nc2-1. The topological polar surface area (TPSA) is 195 Å². The molecular weight excluding hydrogens is 881 g/mol. The Balaban J connectivity index is 0.792. The van der Waals surface area contributed by atoms with Crippen LogP contribution in [0.15, 0.2) is 65.5 Å². The van der Waals surface area contributed by atoms with E-state index < -0.39 is 42.1 Å². The van der Waals surface area contributed by atoms with E-state index in [9.17, 15) is 24.0 Å². The number of aromatic nitrogens is 2. The molecule has 3 aliphatic carbocycles. The molecule has 3 saturated carbocycles. The molecule has 5 fully saturated rings. The number of rotatable bonds is 11. The van der Waals surface area contributed by atoms with Gasteiger partial charge in [-0.2, -0.15) is 0 Å². The van der Waals surface area contributed by atoms with E-state index in [2.05, 4.69) is 0 Å². The van der Waals surface area contributed by atoms with Crippen LogP contribution in [0.25, 0.3) is 22.3 Å². The predicted molar refractivity (Wildman–Crippen MR) is 237 cm³/mol. The maximum atomic E-state index is 14.1. The molecule has 0 spiro atoms. The number of hydrogen-bond donors (Lipinski definition) is 0. The number of fused-ring (bicyclic) bond motifs is 8. The molecule has 6 heterocycles. The van der Waals surface area contributed by atoms with Crippen molar-refractivity contribution in [2.75, 3.05) is 41.3 Å². The number of nitrogens with zero attached hydrogens (tertiary/aromatic N) is 2. The van der Waals surface area contributed by atoms with Crippen LogP contribution < -0.4 is 10.3 Å². The highest BCUT2D eigenvalue weighted by Crippen LogP contribution is 2.58. The average molecular weight is 935 g/mol. The fourth-order valence-electron chi connectivity index (χ4n) is 12.9. The summed E-state index contributed by atoms with van der Waals surface area (Å²) in [4.78, 5) is 73.9. The van der Waals surface area contributed by atoms with Gasteiger partial charge in [-0.1, -0.05) is 25.1 Å². The summed E-state index contributed by atoms with van der Waals surface area (Å²) in [5.41, 5.74) is 1.26. The van der Waals surface area contributed by atoms with Crippen molar-refractivity contribution in [3.05, 3.63) is 93.3 Å². The first-order valence-electron chi connectivity index (χ1n) is 23.5. The molecule has 2 aromatic carbocycles. The smallest absolute Gasteiger partial charge is 0.355 e. The van der Waals surface area contributed by atoms with Gasteiger partial charge in [-0.25, -0.2) is 19.4 Å². The number of para-hydroxylation sites is 1. The Labute approximate surface area is 391 Å². The Kier molecular flexibility index (Phi) is 11.6. The van der Waals surface area contributed by atoms with Crippen molar-refractivity contribution in [3.8, 4) is 17.1 Å². The Bertz CT molecular complexity index is 2710. The molecule has 11 atom stereocenters. The quantitative estimate of drug-likeness (QED) is 0.128. The molecule has 0 bridgehead atoms. The molecular formula is C51H54N2O15. The van der Waals surface area contributed by atoms with Gasteiger partial charge < -0.3 is 51.9 Å². The van der Waals surface area contributed by atoms with E-state index in [0.717, 1.165) is 16.5 Å². The molecule has 0 radical (unpaired) electrons. The van der Waals surface area contributed by atoms with E-state index in [1.807, 2.05) is 30.3 Å². The average Bonchev–Trinajstić information content (AvgIpc) is 4.09. The first kappa shape index (κ1) is 44.8. The van der Waals surface area contributed by atoms with Crippen LogP contribution in [-0.2, 0) is 75.8 Å². The molecule has 0 N–H and O–H groups in total. The predicted octanol–water partition coefficient (Wildman–Crippen LogP) is 4.88. The number of methoxy groups -OCH3 is 3. The van der Waals surface area contributed by atoms with Crippen molar-refractivity contribution >= 4 is 34.8 Å². The van der Waals surface area contributed by atoms with Crippen LogP contribution in [-0.4, -0.2) is 111 Å². The zero-order valence-electron chi connectivity index (χ0n) is 38.3. The fraction of sp³-hybridized carbons (Fsp3) is 0.529. The summed E-state index contributed by atoms with van der Waals surface area (Å²) in [6.45, 7) is 1.46. The highest BCUT2D eigenvalue weighted by molar-refractivity contribution is 5.90. The first-order valence-corrected chi connectivity index (χ1v) is 23.5.